The summed E-state index contributed by atoms with van der Waals surface area (Å²) in [6.07, 6.45) is -0.0730. The Balaban J connectivity index is 2.78. The number of aryl methyl sites for hydroxylation is 1. The normalized spacial score (nSPS) is 11.1. The van der Waals surface area contributed by atoms with Crippen molar-refractivity contribution >= 4 is 16.8 Å². The maximum atomic E-state index is 12.3. The number of hydrogen-bond donors (Lipinski definition) is 1. The van der Waals surface area contributed by atoms with Crippen LogP contribution in [0.25, 0.3) is 11.0 Å². The quantitative estimate of drug-likeness (QED) is 0.872. The van der Waals surface area contributed by atoms with Gasteiger partial charge in [0.2, 0.25) is 5.43 Å². The summed E-state index contributed by atoms with van der Waals surface area (Å²) in [6.45, 7) is 6.53. The fourth-order valence-corrected chi connectivity index (χ4v) is 2.13. The molecule has 0 bridgehead atoms. The van der Waals surface area contributed by atoms with Gasteiger partial charge in [-0.05, 0) is 27.7 Å². The molecule has 1 aromatic heterocycles. The van der Waals surface area contributed by atoms with Gasteiger partial charge in [-0.1, -0.05) is 0 Å². The first-order valence-corrected chi connectivity index (χ1v) is 6.29. The van der Waals surface area contributed by atoms with E-state index in [0.29, 0.717) is 5.75 Å². The van der Waals surface area contributed by atoms with Crippen molar-refractivity contribution in [3.8, 4) is 11.5 Å². The van der Waals surface area contributed by atoms with Crippen LogP contribution in [-0.4, -0.2) is 17.0 Å². The van der Waals surface area contributed by atoms with Gasteiger partial charge < -0.3 is 14.3 Å². The van der Waals surface area contributed by atoms with Crippen molar-refractivity contribution in [2.45, 2.75) is 33.8 Å². The van der Waals surface area contributed by atoms with E-state index in [1.165, 1.54) is 19.1 Å². The predicted molar refractivity (Wildman–Crippen MR) is 74.7 cm³/mol. The standard InChI is InChI=1S/C15H16O5/c1-7(2)19-10-5-11(17)14-12(6-10)20-9(4)13(8(3)16)15(14)18/h5-7,17H,1-4H3. The Morgan fingerprint density at radius 1 is 1.35 bits per heavy atom. The average Bonchev–Trinajstić information content (AvgIpc) is 2.25. The lowest BCUT2D eigenvalue weighted by Crippen LogP contribution is -2.15. The number of hydrogen-bond acceptors (Lipinski definition) is 5. The molecule has 1 aromatic carbocycles. The number of phenols is 1. The molecule has 5 nitrogen and oxygen atoms in total. The first kappa shape index (κ1) is 14.1. The Morgan fingerprint density at radius 2 is 2.00 bits per heavy atom. The first-order valence-electron chi connectivity index (χ1n) is 6.29. The number of phenolic OH excluding ortho intramolecular Hbond substituents is 1. The summed E-state index contributed by atoms with van der Waals surface area (Å²) in [4.78, 5) is 23.8. The summed E-state index contributed by atoms with van der Waals surface area (Å²) in [5.74, 6) is -0.00585. The molecule has 2 aromatic rings. The topological polar surface area (TPSA) is 76.7 Å². The van der Waals surface area contributed by atoms with E-state index in [1.54, 1.807) is 6.92 Å². The largest absolute Gasteiger partial charge is 0.507 e. The molecule has 0 fully saturated rings. The number of carbonyl (C=O) groups excluding carboxylic acids is 1. The monoisotopic (exact) mass is 276 g/mol. The van der Waals surface area contributed by atoms with Crippen molar-refractivity contribution in [1.82, 2.24) is 0 Å². The van der Waals surface area contributed by atoms with Crippen LogP contribution in [0.5, 0.6) is 11.5 Å². The summed E-state index contributed by atoms with van der Waals surface area (Å²) < 4.78 is 10.9. The molecular formula is C15H16O5. The molecule has 0 amide bonds. The zero-order valence-electron chi connectivity index (χ0n) is 11.8. The Hall–Kier alpha value is -2.30. The minimum absolute atomic E-state index is 0.00286. The number of rotatable bonds is 3. The van der Waals surface area contributed by atoms with Gasteiger partial charge in [0.1, 0.15) is 33.8 Å². The molecule has 2 rings (SSSR count). The summed E-state index contributed by atoms with van der Waals surface area (Å²) in [5, 5.41) is 9.99. The van der Waals surface area contributed by atoms with E-state index in [-0.39, 0.29) is 39.9 Å². The van der Waals surface area contributed by atoms with Gasteiger partial charge in [-0.3, -0.25) is 9.59 Å². The second-order valence-electron chi connectivity index (χ2n) is 4.90. The number of aromatic hydroxyl groups is 1. The maximum Gasteiger partial charge on any atom is 0.207 e. The van der Waals surface area contributed by atoms with E-state index in [2.05, 4.69) is 0 Å². The highest BCUT2D eigenvalue weighted by atomic mass is 16.5. The van der Waals surface area contributed by atoms with Gasteiger partial charge >= 0.3 is 0 Å². The summed E-state index contributed by atoms with van der Waals surface area (Å²) >= 11 is 0. The zero-order chi connectivity index (χ0) is 15.0. The molecule has 106 valence electrons. The minimum Gasteiger partial charge on any atom is -0.507 e. The zero-order valence-corrected chi connectivity index (χ0v) is 11.8. The van der Waals surface area contributed by atoms with Crippen LogP contribution >= 0.6 is 0 Å². The smallest absolute Gasteiger partial charge is 0.207 e. The number of fused-ring (bicyclic) bond motifs is 1. The van der Waals surface area contributed by atoms with Gasteiger partial charge in [0, 0.05) is 12.1 Å². The maximum absolute atomic E-state index is 12.3. The Bertz CT molecular complexity index is 740. The van der Waals surface area contributed by atoms with Gasteiger partial charge in [0.05, 0.1) is 6.10 Å². The van der Waals surface area contributed by atoms with Crippen LogP contribution in [0, 0.1) is 6.92 Å². The number of Topliss-reactive ketones (excluding diaryl/α,β-unsaturated/α-hetero) is 1. The van der Waals surface area contributed by atoms with Gasteiger partial charge in [-0.2, -0.15) is 0 Å². The molecule has 1 heterocycles. The van der Waals surface area contributed by atoms with E-state index < -0.39 is 5.43 Å². The van der Waals surface area contributed by atoms with E-state index in [9.17, 15) is 14.7 Å². The van der Waals surface area contributed by atoms with Crippen molar-refractivity contribution in [1.29, 1.82) is 0 Å². The molecule has 0 aliphatic heterocycles. The summed E-state index contributed by atoms with van der Waals surface area (Å²) in [7, 11) is 0. The molecule has 0 spiro atoms. The average molecular weight is 276 g/mol. The first-order chi connectivity index (χ1) is 9.31. The van der Waals surface area contributed by atoms with Gasteiger partial charge in [0.15, 0.2) is 5.78 Å². The predicted octanol–water partition coefficient (Wildman–Crippen LogP) is 2.80. The number of ether oxygens (including phenoxy) is 1. The Morgan fingerprint density at radius 3 is 2.55 bits per heavy atom. The third-order valence-corrected chi connectivity index (χ3v) is 2.85. The van der Waals surface area contributed by atoms with Crippen molar-refractivity contribution in [2.75, 3.05) is 0 Å². The van der Waals surface area contributed by atoms with E-state index in [4.69, 9.17) is 9.15 Å². The highest BCUT2D eigenvalue weighted by Crippen LogP contribution is 2.30. The molecule has 0 atom stereocenters. The van der Waals surface area contributed by atoms with Gasteiger partial charge in [-0.15, -0.1) is 0 Å². The summed E-state index contributed by atoms with van der Waals surface area (Å²) in [6, 6.07) is 2.88. The van der Waals surface area contributed by atoms with Crippen molar-refractivity contribution < 1.29 is 19.1 Å². The van der Waals surface area contributed by atoms with E-state index in [1.807, 2.05) is 13.8 Å². The third-order valence-electron chi connectivity index (χ3n) is 2.85. The molecule has 1 N–H and O–H groups in total. The molecule has 5 heteroatoms. The SMILES string of the molecule is CC(=O)c1c(C)oc2cc(OC(C)C)cc(O)c2c1=O. The van der Waals surface area contributed by atoms with Crippen molar-refractivity contribution in [2.24, 2.45) is 0 Å². The Labute approximate surface area is 115 Å². The third kappa shape index (κ3) is 2.39. The second kappa shape index (κ2) is 5.00. The summed E-state index contributed by atoms with van der Waals surface area (Å²) in [5.41, 5.74) is -0.358. The fourth-order valence-electron chi connectivity index (χ4n) is 2.13. The van der Waals surface area contributed by atoms with Crippen LogP contribution in [0.1, 0.15) is 36.9 Å². The van der Waals surface area contributed by atoms with E-state index in [0.717, 1.165) is 0 Å². The molecular weight excluding hydrogens is 260 g/mol. The number of benzene rings is 1. The van der Waals surface area contributed by atoms with E-state index >= 15 is 0 Å². The minimum atomic E-state index is -0.523. The van der Waals surface area contributed by atoms with Crippen molar-refractivity contribution in [3.05, 3.63) is 33.7 Å². The molecule has 0 radical (unpaired) electrons. The van der Waals surface area contributed by atoms with Crippen LogP contribution in [0.4, 0.5) is 0 Å². The van der Waals surface area contributed by atoms with Crippen LogP contribution in [-0.2, 0) is 0 Å². The molecule has 20 heavy (non-hydrogen) atoms. The van der Waals surface area contributed by atoms with Crippen LogP contribution < -0.4 is 10.2 Å². The lowest BCUT2D eigenvalue weighted by atomic mass is 10.1. The fraction of sp³-hybridized carbons (Fsp3) is 0.333. The Kier molecular flexibility index (Phi) is 3.53. The van der Waals surface area contributed by atoms with Crippen LogP contribution in [0.2, 0.25) is 0 Å². The van der Waals surface area contributed by atoms with Gasteiger partial charge in [-0.25, -0.2) is 0 Å². The lowest BCUT2D eigenvalue weighted by Gasteiger charge is -2.11. The van der Waals surface area contributed by atoms with Crippen LogP contribution in [0.15, 0.2) is 21.3 Å². The van der Waals surface area contributed by atoms with Crippen LogP contribution in [0.3, 0.4) is 0 Å². The number of ketones is 1. The lowest BCUT2D eigenvalue weighted by molar-refractivity contribution is 0.101. The van der Waals surface area contributed by atoms with Gasteiger partial charge in [0.25, 0.3) is 0 Å². The molecule has 0 unspecified atom stereocenters. The second-order valence-corrected chi connectivity index (χ2v) is 4.90. The highest BCUT2D eigenvalue weighted by molar-refractivity contribution is 5.99. The molecule has 0 aliphatic carbocycles. The number of carbonyl (C=O) groups is 1. The molecule has 0 saturated carbocycles. The van der Waals surface area contributed by atoms with Crippen molar-refractivity contribution in [3.63, 3.8) is 0 Å². The molecule has 0 saturated heterocycles. The highest BCUT2D eigenvalue weighted by Gasteiger charge is 2.18. The molecule has 0 aliphatic rings.